The molecule has 0 radical (unpaired) electrons. The normalized spacial score (nSPS) is 15.1. The number of amides is 1. The van der Waals surface area contributed by atoms with Crippen molar-refractivity contribution in [3.63, 3.8) is 0 Å². The van der Waals surface area contributed by atoms with E-state index in [9.17, 15) is 4.79 Å². The first kappa shape index (κ1) is 16.4. The van der Waals surface area contributed by atoms with E-state index >= 15 is 0 Å². The third-order valence-electron chi connectivity index (χ3n) is 3.52. The van der Waals surface area contributed by atoms with E-state index in [0.717, 1.165) is 12.8 Å². The molecule has 0 aromatic carbocycles. The van der Waals surface area contributed by atoms with Gasteiger partial charge in [0.2, 0.25) is 5.91 Å². The van der Waals surface area contributed by atoms with Gasteiger partial charge in [-0.3, -0.25) is 4.79 Å². The summed E-state index contributed by atoms with van der Waals surface area (Å²) >= 11 is 0. The van der Waals surface area contributed by atoms with Crippen LogP contribution < -0.4 is 11.1 Å². The average Bonchev–Trinajstić information content (AvgIpc) is 2.32. The molecule has 1 unspecified atom stereocenters. The predicted molar refractivity (Wildman–Crippen MR) is 72.8 cm³/mol. The summed E-state index contributed by atoms with van der Waals surface area (Å²) in [6, 6.07) is 0.0116. The van der Waals surface area contributed by atoms with Gasteiger partial charge in [0.25, 0.3) is 0 Å². The zero-order valence-corrected chi connectivity index (χ0v) is 12.0. The molecule has 0 aliphatic carbocycles. The number of nitrogens with one attached hydrogen (secondary N) is 1. The molecule has 102 valence electrons. The first-order valence-electron chi connectivity index (χ1n) is 6.67. The fourth-order valence-corrected chi connectivity index (χ4v) is 2.13. The second kappa shape index (κ2) is 8.48. The zero-order chi connectivity index (χ0) is 13.4. The third-order valence-corrected chi connectivity index (χ3v) is 3.52. The van der Waals surface area contributed by atoms with Crippen molar-refractivity contribution >= 4 is 5.91 Å². The highest BCUT2D eigenvalue weighted by Crippen LogP contribution is 2.16. The minimum absolute atomic E-state index is 0.0368. The Morgan fingerprint density at radius 1 is 1.18 bits per heavy atom. The highest BCUT2D eigenvalue weighted by molar-refractivity contribution is 5.81. The number of hydrogen-bond donors (Lipinski definition) is 2. The standard InChI is InChI=1S/C13H29N3O/c1-6-10(7-2)12(16(4)5)9-15-13(17)11(14)8-3/h10-12H,6-9,14H2,1-5H3,(H,15,17)/t11-,12?/m0/s1. The van der Waals surface area contributed by atoms with Gasteiger partial charge in [-0.1, -0.05) is 33.6 Å². The van der Waals surface area contributed by atoms with Crippen LogP contribution >= 0.6 is 0 Å². The van der Waals surface area contributed by atoms with Crippen molar-refractivity contribution in [3.8, 4) is 0 Å². The predicted octanol–water partition coefficient (Wildman–Crippen LogP) is 1.21. The van der Waals surface area contributed by atoms with E-state index in [4.69, 9.17) is 5.73 Å². The summed E-state index contributed by atoms with van der Waals surface area (Å²) < 4.78 is 0. The molecule has 0 fully saturated rings. The average molecular weight is 243 g/mol. The molecule has 0 aromatic heterocycles. The monoisotopic (exact) mass is 243 g/mol. The topological polar surface area (TPSA) is 58.4 Å². The molecule has 4 nitrogen and oxygen atoms in total. The molecule has 0 bridgehead atoms. The van der Waals surface area contributed by atoms with Gasteiger partial charge in [0, 0.05) is 12.6 Å². The molecule has 0 rings (SSSR count). The van der Waals surface area contributed by atoms with Gasteiger partial charge in [-0.05, 0) is 26.4 Å². The number of likely N-dealkylation sites (N-methyl/N-ethyl adjacent to an activating group) is 1. The highest BCUT2D eigenvalue weighted by Gasteiger charge is 2.22. The van der Waals surface area contributed by atoms with E-state index in [1.807, 2.05) is 6.92 Å². The van der Waals surface area contributed by atoms with Crippen molar-refractivity contribution in [2.45, 2.75) is 52.1 Å². The van der Waals surface area contributed by atoms with E-state index in [-0.39, 0.29) is 11.9 Å². The van der Waals surface area contributed by atoms with Crippen molar-refractivity contribution in [1.82, 2.24) is 10.2 Å². The second-order valence-electron chi connectivity index (χ2n) is 4.87. The van der Waals surface area contributed by atoms with Crippen LogP contribution in [0.4, 0.5) is 0 Å². The molecule has 0 saturated heterocycles. The largest absolute Gasteiger partial charge is 0.353 e. The summed E-state index contributed by atoms with van der Waals surface area (Å²) in [4.78, 5) is 13.8. The molecule has 1 amide bonds. The lowest BCUT2D eigenvalue weighted by molar-refractivity contribution is -0.122. The molecule has 2 atom stereocenters. The van der Waals surface area contributed by atoms with Crippen molar-refractivity contribution in [1.29, 1.82) is 0 Å². The lowest BCUT2D eigenvalue weighted by atomic mass is 9.93. The molecule has 0 aliphatic rings. The van der Waals surface area contributed by atoms with Crippen LogP contribution in [-0.4, -0.2) is 43.5 Å². The number of carbonyl (C=O) groups is 1. The van der Waals surface area contributed by atoms with Gasteiger partial charge < -0.3 is 16.0 Å². The van der Waals surface area contributed by atoms with Gasteiger partial charge in [-0.25, -0.2) is 0 Å². The van der Waals surface area contributed by atoms with Crippen LogP contribution in [0.15, 0.2) is 0 Å². The van der Waals surface area contributed by atoms with Crippen LogP contribution in [0.1, 0.15) is 40.0 Å². The van der Waals surface area contributed by atoms with Gasteiger partial charge in [0.1, 0.15) is 0 Å². The van der Waals surface area contributed by atoms with Gasteiger partial charge in [-0.15, -0.1) is 0 Å². The molecular formula is C13H29N3O. The Kier molecular flexibility index (Phi) is 8.17. The summed E-state index contributed by atoms with van der Waals surface area (Å²) in [6.45, 7) is 7.01. The summed E-state index contributed by atoms with van der Waals surface area (Å²) in [6.07, 6.45) is 2.95. The molecule has 0 saturated carbocycles. The number of nitrogens with zero attached hydrogens (tertiary/aromatic N) is 1. The molecule has 17 heavy (non-hydrogen) atoms. The zero-order valence-electron chi connectivity index (χ0n) is 12.0. The summed E-state index contributed by atoms with van der Waals surface area (Å²) in [5.41, 5.74) is 5.69. The van der Waals surface area contributed by atoms with E-state index in [2.05, 4.69) is 38.2 Å². The van der Waals surface area contributed by atoms with Crippen molar-refractivity contribution < 1.29 is 4.79 Å². The molecule has 0 aliphatic heterocycles. The third kappa shape index (κ3) is 5.50. The van der Waals surface area contributed by atoms with Gasteiger partial charge in [0.05, 0.1) is 6.04 Å². The Morgan fingerprint density at radius 3 is 2.06 bits per heavy atom. The maximum atomic E-state index is 11.6. The van der Waals surface area contributed by atoms with E-state index < -0.39 is 0 Å². The van der Waals surface area contributed by atoms with Crippen LogP contribution in [0.3, 0.4) is 0 Å². The second-order valence-corrected chi connectivity index (χ2v) is 4.87. The maximum absolute atomic E-state index is 11.6. The smallest absolute Gasteiger partial charge is 0.236 e. The Bertz CT molecular complexity index is 215. The quantitative estimate of drug-likeness (QED) is 0.673. The number of rotatable bonds is 8. The van der Waals surface area contributed by atoms with E-state index in [1.54, 1.807) is 0 Å². The molecular weight excluding hydrogens is 214 g/mol. The minimum Gasteiger partial charge on any atom is -0.353 e. The van der Waals surface area contributed by atoms with Crippen molar-refractivity contribution in [2.75, 3.05) is 20.6 Å². The number of carbonyl (C=O) groups excluding carboxylic acids is 1. The maximum Gasteiger partial charge on any atom is 0.236 e. The molecule has 3 N–H and O–H groups in total. The summed E-state index contributed by atoms with van der Waals surface area (Å²) in [5.74, 6) is 0.577. The SMILES string of the molecule is CCC(CC)C(CNC(=O)[C@@H](N)CC)N(C)C. The minimum atomic E-state index is -0.375. The van der Waals surface area contributed by atoms with Gasteiger partial charge >= 0.3 is 0 Å². The Labute approximate surface area is 106 Å². The van der Waals surface area contributed by atoms with Gasteiger partial charge in [0.15, 0.2) is 0 Å². The fraction of sp³-hybridized carbons (Fsp3) is 0.923. The fourth-order valence-electron chi connectivity index (χ4n) is 2.13. The van der Waals surface area contributed by atoms with Crippen molar-refractivity contribution in [2.24, 2.45) is 11.7 Å². The van der Waals surface area contributed by atoms with Gasteiger partial charge in [-0.2, -0.15) is 0 Å². The number of hydrogen-bond acceptors (Lipinski definition) is 3. The summed E-state index contributed by atoms with van der Waals surface area (Å²) in [7, 11) is 4.13. The van der Waals surface area contributed by atoms with E-state index in [1.165, 1.54) is 0 Å². The van der Waals surface area contributed by atoms with Crippen LogP contribution in [0, 0.1) is 5.92 Å². The first-order valence-corrected chi connectivity index (χ1v) is 6.67. The van der Waals surface area contributed by atoms with Crippen LogP contribution in [-0.2, 0) is 4.79 Å². The Hall–Kier alpha value is -0.610. The molecule has 0 spiro atoms. The van der Waals surface area contributed by atoms with Crippen LogP contribution in [0.2, 0.25) is 0 Å². The molecule has 0 aromatic rings. The Morgan fingerprint density at radius 2 is 1.71 bits per heavy atom. The van der Waals surface area contributed by atoms with Crippen molar-refractivity contribution in [3.05, 3.63) is 0 Å². The number of nitrogens with two attached hydrogens (primary N) is 1. The first-order chi connectivity index (χ1) is 7.97. The van der Waals surface area contributed by atoms with Crippen LogP contribution in [0.5, 0.6) is 0 Å². The van der Waals surface area contributed by atoms with Crippen LogP contribution in [0.25, 0.3) is 0 Å². The highest BCUT2D eigenvalue weighted by atomic mass is 16.2. The van der Waals surface area contributed by atoms with E-state index in [0.29, 0.717) is 24.9 Å². The molecule has 4 heteroatoms. The summed E-state index contributed by atoms with van der Waals surface area (Å²) in [5, 5.41) is 2.96. The Balaban J connectivity index is 4.32. The lowest BCUT2D eigenvalue weighted by Crippen LogP contribution is -2.48. The lowest BCUT2D eigenvalue weighted by Gasteiger charge is -2.31. The molecule has 0 heterocycles.